The minimum Gasteiger partial charge on any atom is -0.352 e. The summed E-state index contributed by atoms with van der Waals surface area (Å²) in [5.41, 5.74) is -0.529. The number of likely N-dealkylation sites (tertiary alicyclic amines) is 1. The minimum absolute atomic E-state index is 0.00387. The van der Waals surface area contributed by atoms with Crippen LogP contribution < -0.4 is 5.32 Å². The fourth-order valence-corrected chi connectivity index (χ4v) is 3.37. The average molecular weight is 408 g/mol. The van der Waals surface area contributed by atoms with Crippen LogP contribution in [0.15, 0.2) is 48.5 Å². The van der Waals surface area contributed by atoms with Crippen molar-refractivity contribution in [3.8, 4) is 0 Å². The first-order valence-corrected chi connectivity index (χ1v) is 9.24. The third-order valence-corrected chi connectivity index (χ3v) is 4.90. The molecule has 8 heteroatoms. The zero-order valence-corrected chi connectivity index (χ0v) is 15.5. The molecule has 0 spiro atoms. The van der Waals surface area contributed by atoms with Crippen LogP contribution in [0.25, 0.3) is 0 Å². The first-order chi connectivity index (χ1) is 13.7. The number of piperidine rings is 1. The highest BCUT2D eigenvalue weighted by molar-refractivity contribution is 5.95. The molecule has 0 unspecified atom stereocenters. The Hall–Kier alpha value is -2.90. The van der Waals surface area contributed by atoms with Crippen LogP contribution in [0.5, 0.6) is 0 Å². The van der Waals surface area contributed by atoms with E-state index in [9.17, 15) is 27.2 Å². The van der Waals surface area contributed by atoms with E-state index in [4.69, 9.17) is 0 Å². The highest BCUT2D eigenvalue weighted by Crippen LogP contribution is 2.30. The molecule has 2 aromatic rings. The number of alkyl halides is 3. The van der Waals surface area contributed by atoms with Gasteiger partial charge < -0.3 is 10.2 Å². The van der Waals surface area contributed by atoms with E-state index in [0.717, 1.165) is 18.6 Å². The Balaban J connectivity index is 1.59. The molecule has 0 radical (unpaired) electrons. The van der Waals surface area contributed by atoms with Gasteiger partial charge in [-0.05, 0) is 61.2 Å². The lowest BCUT2D eigenvalue weighted by Crippen LogP contribution is -2.43. The Kier molecular flexibility index (Phi) is 6.20. The van der Waals surface area contributed by atoms with Gasteiger partial charge in [0.1, 0.15) is 5.82 Å². The predicted octanol–water partition coefficient (Wildman–Crippen LogP) is 4.13. The number of hydrogen-bond acceptors (Lipinski definition) is 2. The highest BCUT2D eigenvalue weighted by atomic mass is 19.4. The van der Waals surface area contributed by atoms with E-state index in [1.54, 1.807) is 0 Å². The summed E-state index contributed by atoms with van der Waals surface area (Å²) in [6.07, 6.45) is -3.02. The topological polar surface area (TPSA) is 49.4 Å². The van der Waals surface area contributed by atoms with E-state index >= 15 is 0 Å². The first-order valence-electron chi connectivity index (χ1n) is 9.24. The zero-order valence-electron chi connectivity index (χ0n) is 15.5. The van der Waals surface area contributed by atoms with Crippen molar-refractivity contribution in [2.45, 2.75) is 19.0 Å². The molecule has 0 bridgehead atoms. The third-order valence-electron chi connectivity index (χ3n) is 4.90. The molecule has 1 aliphatic heterocycles. The second-order valence-corrected chi connectivity index (χ2v) is 7.05. The van der Waals surface area contributed by atoms with Crippen LogP contribution in [0.2, 0.25) is 0 Å². The number of rotatable bonds is 4. The van der Waals surface area contributed by atoms with Crippen molar-refractivity contribution in [2.75, 3.05) is 19.6 Å². The molecule has 29 heavy (non-hydrogen) atoms. The first kappa shape index (κ1) is 20.8. The normalized spacial score (nSPS) is 17.1. The van der Waals surface area contributed by atoms with E-state index in [0.29, 0.717) is 31.6 Å². The summed E-state index contributed by atoms with van der Waals surface area (Å²) in [5.74, 6) is -1.24. The number of hydrogen-bond donors (Lipinski definition) is 1. The van der Waals surface area contributed by atoms with E-state index < -0.39 is 23.5 Å². The van der Waals surface area contributed by atoms with Gasteiger partial charge in [0.05, 0.1) is 5.56 Å². The van der Waals surface area contributed by atoms with Crippen molar-refractivity contribution >= 4 is 11.8 Å². The lowest BCUT2D eigenvalue weighted by molar-refractivity contribution is -0.137. The van der Waals surface area contributed by atoms with Crippen molar-refractivity contribution < 1.29 is 27.2 Å². The van der Waals surface area contributed by atoms with Gasteiger partial charge in [0.15, 0.2) is 0 Å². The van der Waals surface area contributed by atoms with Gasteiger partial charge in [-0.3, -0.25) is 9.59 Å². The molecule has 1 saturated heterocycles. The van der Waals surface area contributed by atoms with E-state index in [1.807, 2.05) is 0 Å². The molecule has 2 amide bonds. The van der Waals surface area contributed by atoms with Gasteiger partial charge in [0.2, 0.25) is 0 Å². The summed E-state index contributed by atoms with van der Waals surface area (Å²) in [5, 5.41) is 2.77. The average Bonchev–Trinajstić information content (AvgIpc) is 2.71. The number of nitrogens with one attached hydrogen (secondary N) is 1. The molecule has 2 aromatic carbocycles. The van der Waals surface area contributed by atoms with Gasteiger partial charge >= 0.3 is 6.18 Å². The summed E-state index contributed by atoms with van der Waals surface area (Å²) < 4.78 is 51.6. The smallest absolute Gasteiger partial charge is 0.352 e. The van der Waals surface area contributed by atoms with Crippen molar-refractivity contribution in [1.29, 1.82) is 0 Å². The molecule has 1 heterocycles. The maximum absolute atomic E-state index is 12.9. The van der Waals surface area contributed by atoms with Crippen molar-refractivity contribution in [3.05, 3.63) is 71.0 Å². The molecule has 3 rings (SSSR count). The molecular weight excluding hydrogens is 388 g/mol. The van der Waals surface area contributed by atoms with E-state index in [-0.39, 0.29) is 17.4 Å². The zero-order chi connectivity index (χ0) is 21.0. The number of nitrogens with zero attached hydrogens (tertiary/aromatic N) is 1. The maximum atomic E-state index is 12.9. The molecule has 0 aliphatic carbocycles. The van der Waals surface area contributed by atoms with Gasteiger partial charge in [-0.1, -0.05) is 6.07 Å². The fraction of sp³-hybridized carbons (Fsp3) is 0.333. The van der Waals surface area contributed by atoms with Gasteiger partial charge in [-0.2, -0.15) is 13.2 Å². The SMILES string of the molecule is O=C(NC[C@@H]1CCCN(C(=O)c2cccc(C(F)(F)F)c2)C1)c1ccc(F)cc1. The van der Waals surface area contributed by atoms with Crippen LogP contribution in [0.4, 0.5) is 17.6 Å². The molecular formula is C21H20F4N2O2. The summed E-state index contributed by atoms with van der Waals surface area (Å²) in [6.45, 7) is 1.12. The Morgan fingerprint density at radius 1 is 1.07 bits per heavy atom. The van der Waals surface area contributed by atoms with Crippen molar-refractivity contribution in [3.63, 3.8) is 0 Å². The summed E-state index contributed by atoms with van der Waals surface area (Å²) >= 11 is 0. The number of amides is 2. The van der Waals surface area contributed by atoms with Crippen LogP contribution in [-0.4, -0.2) is 36.3 Å². The van der Waals surface area contributed by atoms with Crippen molar-refractivity contribution in [2.24, 2.45) is 5.92 Å². The molecule has 154 valence electrons. The Labute approximate surface area is 165 Å². The largest absolute Gasteiger partial charge is 0.416 e. The fourth-order valence-electron chi connectivity index (χ4n) is 3.37. The highest BCUT2D eigenvalue weighted by Gasteiger charge is 2.32. The Bertz CT molecular complexity index is 881. The number of benzene rings is 2. The third kappa shape index (κ3) is 5.34. The lowest BCUT2D eigenvalue weighted by Gasteiger charge is -2.33. The van der Waals surface area contributed by atoms with Crippen LogP contribution in [0, 0.1) is 11.7 Å². The molecule has 0 saturated carbocycles. The summed E-state index contributed by atoms with van der Waals surface area (Å²) in [7, 11) is 0. The van der Waals surface area contributed by atoms with Gasteiger partial charge in [-0.15, -0.1) is 0 Å². The minimum atomic E-state index is -4.51. The molecule has 1 fully saturated rings. The van der Waals surface area contributed by atoms with Gasteiger partial charge in [0.25, 0.3) is 11.8 Å². The molecule has 1 N–H and O–H groups in total. The second kappa shape index (κ2) is 8.63. The van der Waals surface area contributed by atoms with Gasteiger partial charge in [-0.25, -0.2) is 4.39 Å². The van der Waals surface area contributed by atoms with Crippen molar-refractivity contribution in [1.82, 2.24) is 10.2 Å². The van der Waals surface area contributed by atoms with Crippen LogP contribution in [-0.2, 0) is 6.18 Å². The Morgan fingerprint density at radius 2 is 1.79 bits per heavy atom. The van der Waals surface area contributed by atoms with E-state index in [2.05, 4.69) is 5.32 Å². The van der Waals surface area contributed by atoms with Gasteiger partial charge in [0, 0.05) is 30.8 Å². The maximum Gasteiger partial charge on any atom is 0.416 e. The van der Waals surface area contributed by atoms with Crippen LogP contribution >= 0.6 is 0 Å². The number of carbonyl (C=O) groups excluding carboxylic acids is 2. The summed E-state index contributed by atoms with van der Waals surface area (Å²) in [6, 6.07) is 9.56. The quantitative estimate of drug-likeness (QED) is 0.774. The second-order valence-electron chi connectivity index (χ2n) is 7.05. The monoisotopic (exact) mass is 408 g/mol. The Morgan fingerprint density at radius 3 is 2.48 bits per heavy atom. The molecule has 1 aliphatic rings. The molecule has 0 aromatic heterocycles. The standard InChI is InChI=1S/C21H20F4N2O2/c22-18-8-6-15(7-9-18)19(28)26-12-14-3-2-10-27(13-14)20(29)16-4-1-5-17(11-16)21(23,24)25/h1,4-9,11,14H,2-3,10,12-13H2,(H,26,28)/t14-/m0/s1. The van der Waals surface area contributed by atoms with E-state index in [1.165, 1.54) is 41.3 Å². The predicted molar refractivity (Wildman–Crippen MR) is 98.8 cm³/mol. The van der Waals surface area contributed by atoms with Crippen LogP contribution in [0.1, 0.15) is 39.1 Å². The van der Waals surface area contributed by atoms with Crippen LogP contribution in [0.3, 0.4) is 0 Å². The number of carbonyl (C=O) groups is 2. The molecule has 4 nitrogen and oxygen atoms in total. The summed E-state index contributed by atoms with van der Waals surface area (Å²) in [4.78, 5) is 26.3. The number of halogens is 4. The molecule has 1 atom stereocenters. The lowest BCUT2D eigenvalue weighted by atomic mass is 9.97.